The first kappa shape index (κ1) is 19.2. The molecule has 0 unspecified atom stereocenters. The number of halogens is 4. The van der Waals surface area contributed by atoms with Gasteiger partial charge in [-0.1, -0.05) is 11.3 Å². The van der Waals surface area contributed by atoms with E-state index in [1.54, 1.807) is 6.07 Å². The van der Waals surface area contributed by atoms with Crippen LogP contribution in [-0.4, -0.2) is 25.9 Å². The lowest BCUT2D eigenvalue weighted by atomic mass is 10.2. The van der Waals surface area contributed by atoms with Gasteiger partial charge in [-0.25, -0.2) is 14.1 Å². The molecule has 0 atom stereocenters. The van der Waals surface area contributed by atoms with E-state index in [-0.39, 0.29) is 17.3 Å². The predicted octanol–water partition coefficient (Wildman–Crippen LogP) is 4.70. The molecule has 1 aliphatic rings. The van der Waals surface area contributed by atoms with Gasteiger partial charge in [0, 0.05) is 11.6 Å². The molecule has 31 heavy (non-hydrogen) atoms. The van der Waals surface area contributed by atoms with Crippen molar-refractivity contribution in [3.05, 3.63) is 65.6 Å². The molecule has 2 aromatic carbocycles. The smallest absolute Gasteiger partial charge is 0.435 e. The van der Waals surface area contributed by atoms with Gasteiger partial charge in [0.15, 0.2) is 22.9 Å². The summed E-state index contributed by atoms with van der Waals surface area (Å²) in [5, 5.41) is 9.22. The van der Waals surface area contributed by atoms with Crippen LogP contribution in [-0.2, 0) is 6.18 Å². The van der Waals surface area contributed by atoms with E-state index < -0.39 is 29.3 Å². The van der Waals surface area contributed by atoms with Gasteiger partial charge < -0.3 is 9.73 Å². The summed E-state index contributed by atoms with van der Waals surface area (Å²) < 4.78 is 60.7. The molecule has 11 heteroatoms. The molecule has 0 bridgehead atoms. The molecule has 2 heterocycles. The third-order valence-electron chi connectivity index (χ3n) is 4.80. The lowest BCUT2D eigenvalue weighted by Gasteiger charge is -2.11. The van der Waals surface area contributed by atoms with Crippen LogP contribution in [0, 0.1) is 5.82 Å². The Bertz CT molecular complexity index is 1310. The molecular weight excluding hydrogens is 418 g/mol. The first-order valence-electron chi connectivity index (χ1n) is 9.30. The topological polar surface area (TPSA) is 85.8 Å². The summed E-state index contributed by atoms with van der Waals surface area (Å²) in [7, 11) is 0. The molecule has 1 aliphatic carbocycles. The van der Waals surface area contributed by atoms with Gasteiger partial charge in [0.05, 0.1) is 5.69 Å². The highest BCUT2D eigenvalue weighted by molar-refractivity contribution is 6.04. The van der Waals surface area contributed by atoms with E-state index in [2.05, 4.69) is 20.6 Å². The quantitative estimate of drug-likeness (QED) is 0.474. The molecule has 2 aromatic heterocycles. The van der Waals surface area contributed by atoms with E-state index in [0.717, 1.165) is 25.0 Å². The Labute approximate surface area is 171 Å². The summed E-state index contributed by atoms with van der Waals surface area (Å²) in [6, 6.07) is 8.98. The molecule has 1 fully saturated rings. The van der Waals surface area contributed by atoms with Gasteiger partial charge in [-0.3, -0.25) is 4.79 Å². The second-order valence-electron chi connectivity index (χ2n) is 7.14. The first-order chi connectivity index (χ1) is 14.8. The molecule has 158 valence electrons. The maximum absolute atomic E-state index is 13.7. The van der Waals surface area contributed by atoms with Crippen molar-refractivity contribution in [2.45, 2.75) is 24.9 Å². The van der Waals surface area contributed by atoms with Gasteiger partial charge in [-0.15, -0.1) is 5.10 Å². The van der Waals surface area contributed by atoms with Crippen molar-refractivity contribution in [3.63, 3.8) is 0 Å². The number of carbonyl (C=O) groups is 1. The largest absolute Gasteiger partial charge is 0.440 e. The summed E-state index contributed by atoms with van der Waals surface area (Å²) in [5.41, 5.74) is -1.33. The molecule has 0 radical (unpaired) electrons. The molecule has 1 amide bonds. The zero-order valence-electron chi connectivity index (χ0n) is 15.7. The zero-order chi connectivity index (χ0) is 21.8. The molecule has 1 N–H and O–H groups in total. The van der Waals surface area contributed by atoms with Gasteiger partial charge in [-0.2, -0.15) is 13.2 Å². The van der Waals surface area contributed by atoms with Crippen LogP contribution >= 0.6 is 0 Å². The van der Waals surface area contributed by atoms with E-state index in [1.807, 2.05) is 0 Å². The number of carbonyl (C=O) groups excluding carboxylic acids is 1. The second kappa shape index (κ2) is 6.89. The van der Waals surface area contributed by atoms with Crippen LogP contribution in [0.5, 0.6) is 0 Å². The standard InChI is InChI=1S/C20H13F4N5O2/c21-11-2-1-3-13(8-11)29-17(20(22,23)24)16(27-28-29)18(30)25-12-6-7-15-14(9-12)26-19(31-15)10-4-5-10/h1-3,6-10H,4-5H2,(H,25,30). The van der Waals surface area contributed by atoms with Gasteiger partial charge in [0.25, 0.3) is 5.91 Å². The Hall–Kier alpha value is -3.76. The minimum absolute atomic E-state index is 0.213. The van der Waals surface area contributed by atoms with Crippen LogP contribution in [0.25, 0.3) is 16.8 Å². The van der Waals surface area contributed by atoms with Crippen LogP contribution in [0.15, 0.2) is 46.9 Å². The number of oxazole rings is 1. The number of nitrogens with one attached hydrogen (secondary N) is 1. The van der Waals surface area contributed by atoms with Crippen LogP contribution in [0.4, 0.5) is 23.2 Å². The number of alkyl halides is 3. The summed E-state index contributed by atoms with van der Waals surface area (Å²) in [6.45, 7) is 0. The normalized spacial score (nSPS) is 14.2. The number of amides is 1. The molecule has 4 aromatic rings. The summed E-state index contributed by atoms with van der Waals surface area (Å²) >= 11 is 0. The fraction of sp³-hybridized carbons (Fsp3) is 0.200. The Morgan fingerprint density at radius 3 is 2.68 bits per heavy atom. The number of nitrogens with zero attached hydrogens (tertiary/aromatic N) is 4. The van der Waals surface area contributed by atoms with Crippen LogP contribution in [0.3, 0.4) is 0 Å². The highest BCUT2D eigenvalue weighted by Gasteiger charge is 2.42. The Kier molecular flexibility index (Phi) is 4.27. The minimum Gasteiger partial charge on any atom is -0.440 e. The molecule has 7 nitrogen and oxygen atoms in total. The first-order valence-corrected chi connectivity index (χ1v) is 9.30. The summed E-state index contributed by atoms with van der Waals surface area (Å²) in [5.74, 6) is -0.965. The predicted molar refractivity (Wildman–Crippen MR) is 100 cm³/mol. The molecule has 1 saturated carbocycles. The molecule has 5 rings (SSSR count). The zero-order valence-corrected chi connectivity index (χ0v) is 15.7. The number of benzene rings is 2. The Morgan fingerprint density at radius 1 is 1.16 bits per heavy atom. The Morgan fingerprint density at radius 2 is 1.97 bits per heavy atom. The SMILES string of the molecule is O=C(Nc1ccc2oc(C3CC3)nc2c1)c1nnn(-c2cccc(F)c2)c1C(F)(F)F. The fourth-order valence-corrected chi connectivity index (χ4v) is 3.20. The third kappa shape index (κ3) is 3.62. The minimum atomic E-state index is -4.96. The lowest BCUT2D eigenvalue weighted by molar-refractivity contribution is -0.143. The van der Waals surface area contributed by atoms with Crippen LogP contribution in [0.2, 0.25) is 0 Å². The molecular formula is C20H13F4N5O2. The number of aromatic nitrogens is 4. The maximum atomic E-state index is 13.7. The van der Waals surface area contributed by atoms with Crippen LogP contribution < -0.4 is 5.32 Å². The average molecular weight is 431 g/mol. The van der Waals surface area contributed by atoms with Gasteiger partial charge in [-0.05, 0) is 49.2 Å². The number of anilines is 1. The lowest BCUT2D eigenvalue weighted by Crippen LogP contribution is -2.21. The summed E-state index contributed by atoms with van der Waals surface area (Å²) in [6.07, 6.45) is -2.97. The second-order valence-corrected chi connectivity index (χ2v) is 7.14. The van der Waals surface area contributed by atoms with Gasteiger partial charge >= 0.3 is 6.18 Å². The number of rotatable bonds is 4. The van der Waals surface area contributed by atoms with Crippen molar-refractivity contribution in [2.75, 3.05) is 5.32 Å². The van der Waals surface area contributed by atoms with Crippen molar-refractivity contribution < 1.29 is 26.8 Å². The molecule has 0 aliphatic heterocycles. The average Bonchev–Trinajstić information content (AvgIpc) is 3.31. The van der Waals surface area contributed by atoms with E-state index in [9.17, 15) is 22.4 Å². The van der Waals surface area contributed by atoms with E-state index in [0.29, 0.717) is 21.7 Å². The monoisotopic (exact) mass is 431 g/mol. The highest BCUT2D eigenvalue weighted by Crippen LogP contribution is 2.40. The van der Waals surface area contributed by atoms with Crippen LogP contribution in [0.1, 0.15) is 40.8 Å². The van der Waals surface area contributed by atoms with Crippen molar-refractivity contribution in [1.82, 2.24) is 20.0 Å². The number of hydrogen-bond acceptors (Lipinski definition) is 5. The van der Waals surface area contributed by atoms with Gasteiger partial charge in [0.1, 0.15) is 11.3 Å². The van der Waals surface area contributed by atoms with Crippen molar-refractivity contribution in [1.29, 1.82) is 0 Å². The van der Waals surface area contributed by atoms with E-state index in [4.69, 9.17) is 4.42 Å². The Balaban J connectivity index is 1.48. The summed E-state index contributed by atoms with van der Waals surface area (Å²) in [4.78, 5) is 17.0. The van der Waals surface area contributed by atoms with Gasteiger partial charge in [0.2, 0.25) is 0 Å². The van der Waals surface area contributed by atoms with Crippen molar-refractivity contribution in [2.24, 2.45) is 0 Å². The van der Waals surface area contributed by atoms with Crippen molar-refractivity contribution in [3.8, 4) is 5.69 Å². The molecule has 0 saturated heterocycles. The fourth-order valence-electron chi connectivity index (χ4n) is 3.20. The molecule has 0 spiro atoms. The van der Waals surface area contributed by atoms with E-state index >= 15 is 0 Å². The number of hydrogen-bond donors (Lipinski definition) is 1. The number of fused-ring (bicyclic) bond motifs is 1. The highest BCUT2D eigenvalue weighted by atomic mass is 19.4. The van der Waals surface area contributed by atoms with Crippen molar-refractivity contribution >= 4 is 22.7 Å². The maximum Gasteiger partial charge on any atom is 0.435 e. The van der Waals surface area contributed by atoms with E-state index in [1.165, 1.54) is 24.3 Å². The third-order valence-corrected chi connectivity index (χ3v) is 4.80.